The molecule has 0 radical (unpaired) electrons. The molecule has 4 atom stereocenters. The third kappa shape index (κ3) is 3.32. The number of thiol groups is 1. The van der Waals surface area contributed by atoms with E-state index in [0.717, 1.165) is 36.1 Å². The lowest BCUT2D eigenvalue weighted by Gasteiger charge is -2.35. The molecular weight excluding hydrogens is 380 g/mol. The highest BCUT2D eigenvalue weighted by Gasteiger charge is 2.47. The number of hydrogen-bond acceptors (Lipinski definition) is 4. The van der Waals surface area contributed by atoms with Crippen molar-refractivity contribution in [3.8, 4) is 0 Å². The van der Waals surface area contributed by atoms with E-state index in [-0.39, 0.29) is 18.4 Å². The summed E-state index contributed by atoms with van der Waals surface area (Å²) in [5.74, 6) is 0.301. The summed E-state index contributed by atoms with van der Waals surface area (Å²) in [6.07, 6.45) is 13.6. The maximum Gasteiger partial charge on any atom is 0.249 e. The molecule has 2 heterocycles. The van der Waals surface area contributed by atoms with E-state index in [0.29, 0.717) is 11.2 Å². The lowest BCUT2D eigenvalue weighted by atomic mass is 9.75. The van der Waals surface area contributed by atoms with Crippen LogP contribution in [0.25, 0.3) is 0 Å². The number of amides is 1. The van der Waals surface area contributed by atoms with Crippen molar-refractivity contribution in [2.24, 2.45) is 16.8 Å². The molecule has 4 nitrogen and oxygen atoms in total. The van der Waals surface area contributed by atoms with Gasteiger partial charge in [0.2, 0.25) is 5.91 Å². The van der Waals surface area contributed by atoms with Gasteiger partial charge in [-0.1, -0.05) is 48.6 Å². The van der Waals surface area contributed by atoms with Gasteiger partial charge in [-0.15, -0.1) is 0 Å². The predicted octanol–water partition coefficient (Wildman–Crippen LogP) is 3.50. The number of aliphatic hydroxyl groups is 1. The summed E-state index contributed by atoms with van der Waals surface area (Å²) in [6.45, 7) is 0.00982. The van der Waals surface area contributed by atoms with Crippen LogP contribution in [0.1, 0.15) is 30.4 Å². The standard InChI is InChI=1S/C24H24N2O2S/c27-13-14-6-8-16(9-7-14)22-20(15-4-2-1-3-5-15)21(18-12-19(18)29)17-10-11-25-24(28)23(17)26-22/h2,4-11,17-19,23,27,29H,1,3,12-13H2,(H,25,28). The Hall–Kier alpha value is -2.37. The maximum absolute atomic E-state index is 12.7. The minimum Gasteiger partial charge on any atom is -0.392 e. The van der Waals surface area contributed by atoms with Crippen LogP contribution >= 0.6 is 12.6 Å². The predicted molar refractivity (Wildman–Crippen MR) is 118 cm³/mol. The first-order valence-electron chi connectivity index (χ1n) is 10.2. The molecule has 2 N–H and O–H groups in total. The lowest BCUT2D eigenvalue weighted by molar-refractivity contribution is -0.122. The fraction of sp³-hybridized carbons (Fsp3) is 0.333. The topological polar surface area (TPSA) is 61.7 Å². The third-order valence-electron chi connectivity index (χ3n) is 6.14. The van der Waals surface area contributed by atoms with Crippen molar-refractivity contribution in [2.45, 2.75) is 37.2 Å². The van der Waals surface area contributed by atoms with Gasteiger partial charge in [0.1, 0.15) is 6.04 Å². The highest BCUT2D eigenvalue weighted by Crippen LogP contribution is 2.51. The van der Waals surface area contributed by atoms with Crippen LogP contribution in [-0.2, 0) is 11.4 Å². The Morgan fingerprint density at radius 2 is 2.00 bits per heavy atom. The summed E-state index contributed by atoms with van der Waals surface area (Å²) in [7, 11) is 0. The van der Waals surface area contributed by atoms with Crippen LogP contribution in [0.15, 0.2) is 76.5 Å². The summed E-state index contributed by atoms with van der Waals surface area (Å²) in [6, 6.07) is 7.39. The van der Waals surface area contributed by atoms with Gasteiger partial charge in [0.05, 0.1) is 12.3 Å². The lowest BCUT2D eigenvalue weighted by Crippen LogP contribution is -2.43. The van der Waals surface area contributed by atoms with E-state index in [4.69, 9.17) is 17.6 Å². The molecule has 1 fully saturated rings. The number of allylic oxidation sites excluding steroid dienone is 5. The van der Waals surface area contributed by atoms with Crippen molar-refractivity contribution >= 4 is 24.2 Å². The molecule has 1 aromatic carbocycles. The summed E-state index contributed by atoms with van der Waals surface area (Å²) in [5.41, 5.74) is 6.38. The molecule has 148 valence electrons. The number of rotatable bonds is 4. The summed E-state index contributed by atoms with van der Waals surface area (Å²) < 4.78 is 0. The molecule has 2 aliphatic heterocycles. The monoisotopic (exact) mass is 404 g/mol. The van der Waals surface area contributed by atoms with E-state index in [1.807, 2.05) is 24.3 Å². The van der Waals surface area contributed by atoms with Crippen molar-refractivity contribution < 1.29 is 9.90 Å². The molecule has 0 spiro atoms. The smallest absolute Gasteiger partial charge is 0.249 e. The van der Waals surface area contributed by atoms with E-state index in [2.05, 4.69) is 29.6 Å². The Morgan fingerprint density at radius 1 is 1.21 bits per heavy atom. The minimum absolute atomic E-state index is 0.00982. The van der Waals surface area contributed by atoms with E-state index < -0.39 is 6.04 Å². The van der Waals surface area contributed by atoms with Crippen molar-refractivity contribution in [1.82, 2.24) is 5.32 Å². The number of aliphatic hydroxyl groups excluding tert-OH is 1. The highest BCUT2D eigenvalue weighted by molar-refractivity contribution is 7.81. The molecule has 0 bridgehead atoms. The average Bonchev–Trinajstić information content (AvgIpc) is 3.49. The Balaban J connectivity index is 1.72. The molecule has 1 amide bonds. The zero-order chi connectivity index (χ0) is 20.0. The zero-order valence-electron chi connectivity index (χ0n) is 16.1. The van der Waals surface area contributed by atoms with Gasteiger partial charge >= 0.3 is 0 Å². The first-order valence-corrected chi connectivity index (χ1v) is 10.7. The maximum atomic E-state index is 12.7. The molecule has 1 saturated carbocycles. The zero-order valence-corrected chi connectivity index (χ0v) is 17.0. The van der Waals surface area contributed by atoms with Crippen LogP contribution in [0.2, 0.25) is 0 Å². The molecule has 29 heavy (non-hydrogen) atoms. The number of dihydropyridines is 1. The van der Waals surface area contributed by atoms with Gasteiger partial charge in [0.25, 0.3) is 0 Å². The molecule has 5 heteroatoms. The van der Waals surface area contributed by atoms with Crippen LogP contribution < -0.4 is 5.32 Å². The van der Waals surface area contributed by atoms with Crippen molar-refractivity contribution in [3.63, 3.8) is 0 Å². The molecular formula is C24H24N2O2S. The second kappa shape index (κ2) is 7.47. The number of aliphatic imine (C=N–C) groups is 1. The van der Waals surface area contributed by atoms with Gasteiger partial charge in [0.15, 0.2) is 0 Å². The number of nitrogens with one attached hydrogen (secondary N) is 1. The minimum atomic E-state index is -0.444. The molecule has 4 aliphatic rings. The second-order valence-electron chi connectivity index (χ2n) is 8.05. The second-order valence-corrected chi connectivity index (χ2v) is 8.71. The Labute approximate surface area is 176 Å². The van der Waals surface area contributed by atoms with Crippen molar-refractivity contribution in [1.29, 1.82) is 0 Å². The van der Waals surface area contributed by atoms with E-state index in [1.54, 1.807) is 6.20 Å². The Morgan fingerprint density at radius 3 is 2.66 bits per heavy atom. The molecule has 0 aromatic heterocycles. The first-order chi connectivity index (χ1) is 14.2. The third-order valence-corrected chi connectivity index (χ3v) is 6.71. The number of nitrogens with zero attached hydrogens (tertiary/aromatic N) is 1. The van der Waals surface area contributed by atoms with Crippen LogP contribution in [0, 0.1) is 11.8 Å². The van der Waals surface area contributed by atoms with Crippen LogP contribution in [0.5, 0.6) is 0 Å². The van der Waals surface area contributed by atoms with E-state index >= 15 is 0 Å². The van der Waals surface area contributed by atoms with Gasteiger partial charge in [-0.05, 0) is 41.9 Å². The Kier molecular flexibility index (Phi) is 4.80. The number of benzene rings is 1. The highest BCUT2D eigenvalue weighted by atomic mass is 32.1. The number of carbonyl (C=O) groups excluding carboxylic acids is 1. The van der Waals surface area contributed by atoms with Gasteiger partial charge in [0, 0.05) is 28.5 Å². The summed E-state index contributed by atoms with van der Waals surface area (Å²) in [4.78, 5) is 17.7. The Bertz CT molecular complexity index is 1000. The largest absolute Gasteiger partial charge is 0.392 e. The SMILES string of the molecule is O=C1NC=CC2C(C3CC3S)=C(C3=CCCC=C3)C(c3ccc(CO)cc3)=NC12. The molecule has 4 unspecified atom stereocenters. The molecule has 1 aromatic rings. The summed E-state index contributed by atoms with van der Waals surface area (Å²) >= 11 is 4.74. The fourth-order valence-corrected chi connectivity index (χ4v) is 4.93. The molecule has 2 aliphatic carbocycles. The number of fused-ring (bicyclic) bond motifs is 1. The van der Waals surface area contributed by atoms with Crippen molar-refractivity contribution in [2.75, 3.05) is 0 Å². The number of carbonyl (C=O) groups is 1. The van der Waals surface area contributed by atoms with Gasteiger partial charge in [-0.2, -0.15) is 12.6 Å². The van der Waals surface area contributed by atoms with Crippen LogP contribution in [0.3, 0.4) is 0 Å². The summed E-state index contributed by atoms with van der Waals surface area (Å²) in [5, 5.41) is 12.6. The molecule has 0 saturated heterocycles. The van der Waals surface area contributed by atoms with Gasteiger partial charge in [-0.3, -0.25) is 9.79 Å². The number of hydrogen-bond donors (Lipinski definition) is 3. The van der Waals surface area contributed by atoms with Crippen LogP contribution in [0.4, 0.5) is 0 Å². The van der Waals surface area contributed by atoms with E-state index in [9.17, 15) is 9.90 Å². The quantitative estimate of drug-likeness (QED) is 0.673. The molecule has 5 rings (SSSR count). The normalized spacial score (nSPS) is 30.5. The van der Waals surface area contributed by atoms with Crippen LogP contribution in [-0.4, -0.2) is 28.0 Å². The fourth-order valence-electron chi connectivity index (χ4n) is 4.54. The average molecular weight is 405 g/mol. The van der Waals surface area contributed by atoms with Gasteiger partial charge in [-0.25, -0.2) is 0 Å². The van der Waals surface area contributed by atoms with Gasteiger partial charge < -0.3 is 10.4 Å². The van der Waals surface area contributed by atoms with E-state index in [1.165, 1.54) is 16.7 Å². The first kappa shape index (κ1) is 18.6. The van der Waals surface area contributed by atoms with Crippen molar-refractivity contribution in [3.05, 3.63) is 82.6 Å².